The summed E-state index contributed by atoms with van der Waals surface area (Å²) in [4.78, 5) is 18.2. The predicted molar refractivity (Wildman–Crippen MR) is 90.1 cm³/mol. The lowest BCUT2D eigenvalue weighted by molar-refractivity contribution is -0.140. The van der Waals surface area contributed by atoms with Crippen LogP contribution in [-0.4, -0.2) is 62.7 Å². The van der Waals surface area contributed by atoms with Gasteiger partial charge in [-0.25, -0.2) is 0 Å². The van der Waals surface area contributed by atoms with Crippen molar-refractivity contribution in [2.75, 3.05) is 39.8 Å². The molecule has 1 rings (SSSR count). The quantitative estimate of drug-likeness (QED) is 0.307. The van der Waals surface area contributed by atoms with Gasteiger partial charge in [0.15, 0.2) is 5.96 Å². The van der Waals surface area contributed by atoms with Crippen LogP contribution in [0.2, 0.25) is 0 Å². The average Bonchev–Trinajstić information content (AvgIpc) is 2.52. The van der Waals surface area contributed by atoms with Crippen LogP contribution in [0.4, 0.5) is 0 Å². The van der Waals surface area contributed by atoms with E-state index in [2.05, 4.69) is 32.2 Å². The minimum absolute atomic E-state index is 0.206. The molecule has 1 aliphatic rings. The van der Waals surface area contributed by atoms with E-state index >= 15 is 0 Å². The maximum atomic E-state index is 11.1. The van der Waals surface area contributed by atoms with Crippen LogP contribution in [0.25, 0.3) is 0 Å². The zero-order chi connectivity index (χ0) is 16.2. The molecule has 6 nitrogen and oxygen atoms in total. The lowest BCUT2D eigenvalue weighted by Gasteiger charge is -2.33. The van der Waals surface area contributed by atoms with E-state index in [-0.39, 0.29) is 5.97 Å². The largest absolute Gasteiger partial charge is 0.469 e. The molecule has 0 amide bonds. The topological polar surface area (TPSA) is 66.0 Å². The van der Waals surface area contributed by atoms with Crippen LogP contribution < -0.4 is 10.6 Å². The van der Waals surface area contributed by atoms with Crippen molar-refractivity contribution in [2.45, 2.75) is 52.0 Å². The van der Waals surface area contributed by atoms with Crippen molar-refractivity contribution in [3.05, 3.63) is 0 Å². The maximum absolute atomic E-state index is 11.1. The molecule has 1 fully saturated rings. The number of ether oxygens (including phenoxy) is 1. The molecule has 6 heteroatoms. The first-order valence-corrected chi connectivity index (χ1v) is 8.50. The van der Waals surface area contributed by atoms with Crippen molar-refractivity contribution in [1.82, 2.24) is 15.5 Å². The van der Waals surface area contributed by atoms with Crippen LogP contribution >= 0.6 is 0 Å². The number of guanidine groups is 1. The minimum Gasteiger partial charge on any atom is -0.469 e. The molecule has 0 radical (unpaired) electrons. The Morgan fingerprint density at radius 1 is 1.36 bits per heavy atom. The third-order valence-corrected chi connectivity index (χ3v) is 4.01. The number of likely N-dealkylation sites (tertiary alicyclic amines) is 1. The monoisotopic (exact) mass is 312 g/mol. The van der Waals surface area contributed by atoms with Gasteiger partial charge in [0.05, 0.1) is 13.5 Å². The van der Waals surface area contributed by atoms with E-state index in [0.29, 0.717) is 19.0 Å². The van der Waals surface area contributed by atoms with Crippen molar-refractivity contribution < 1.29 is 9.53 Å². The zero-order valence-corrected chi connectivity index (χ0v) is 14.4. The number of carbonyl (C=O) groups excluding carboxylic acids is 1. The Balaban J connectivity index is 2.24. The van der Waals surface area contributed by atoms with Gasteiger partial charge in [-0.15, -0.1) is 0 Å². The molecule has 0 aromatic carbocycles. The van der Waals surface area contributed by atoms with Crippen LogP contribution in [0.3, 0.4) is 0 Å². The maximum Gasteiger partial charge on any atom is 0.307 e. The first-order valence-electron chi connectivity index (χ1n) is 8.50. The Hall–Kier alpha value is -1.30. The fraction of sp³-hybridized carbons (Fsp3) is 0.875. The zero-order valence-electron chi connectivity index (χ0n) is 14.4. The molecule has 2 N–H and O–H groups in total. The van der Waals surface area contributed by atoms with Gasteiger partial charge in [0.1, 0.15) is 0 Å². The van der Waals surface area contributed by atoms with Crippen molar-refractivity contribution in [2.24, 2.45) is 4.99 Å². The Morgan fingerprint density at radius 2 is 2.18 bits per heavy atom. The predicted octanol–water partition coefficient (Wildman–Crippen LogP) is 1.37. The number of aliphatic imine (C=N–C) groups is 1. The van der Waals surface area contributed by atoms with Crippen LogP contribution in [0.1, 0.15) is 46.0 Å². The Morgan fingerprint density at radius 3 is 2.86 bits per heavy atom. The summed E-state index contributed by atoms with van der Waals surface area (Å²) in [6.45, 7) is 8.86. The number of hydrogen-bond donors (Lipinski definition) is 2. The average molecular weight is 312 g/mol. The first-order chi connectivity index (χ1) is 10.7. The molecule has 0 aromatic rings. The normalized spacial score (nSPS) is 19.8. The Labute approximate surface area is 134 Å². The van der Waals surface area contributed by atoms with Crippen LogP contribution in [0, 0.1) is 0 Å². The second kappa shape index (κ2) is 11.3. The molecule has 1 unspecified atom stereocenters. The fourth-order valence-electron chi connectivity index (χ4n) is 2.68. The molecule has 0 aromatic heterocycles. The standard InChI is InChI=1S/C16H32N4O2/c1-4-17-16(19-11-9-15(21)22-3)18-10-7-13-20-12-6-5-8-14(20)2/h14H,4-13H2,1-3H3,(H2,17,18,19). The summed E-state index contributed by atoms with van der Waals surface area (Å²) in [5.41, 5.74) is 0. The van der Waals surface area contributed by atoms with Crippen molar-refractivity contribution >= 4 is 11.9 Å². The third kappa shape index (κ3) is 7.64. The number of carbonyl (C=O) groups is 1. The molecular formula is C16H32N4O2. The fourth-order valence-corrected chi connectivity index (χ4v) is 2.68. The molecule has 1 saturated heterocycles. The highest BCUT2D eigenvalue weighted by molar-refractivity contribution is 5.80. The molecular weight excluding hydrogens is 280 g/mol. The van der Waals surface area contributed by atoms with Gasteiger partial charge < -0.3 is 20.3 Å². The second-order valence-electron chi connectivity index (χ2n) is 5.75. The molecule has 1 heterocycles. The van der Waals surface area contributed by atoms with E-state index in [1.807, 2.05) is 6.92 Å². The summed E-state index contributed by atoms with van der Waals surface area (Å²) < 4.78 is 4.62. The van der Waals surface area contributed by atoms with Gasteiger partial charge in [-0.3, -0.25) is 9.79 Å². The third-order valence-electron chi connectivity index (χ3n) is 4.01. The summed E-state index contributed by atoms with van der Waals surface area (Å²) >= 11 is 0. The first kappa shape index (κ1) is 18.7. The number of piperidine rings is 1. The van der Waals surface area contributed by atoms with Crippen molar-refractivity contribution in [3.63, 3.8) is 0 Å². The summed E-state index contributed by atoms with van der Waals surface area (Å²) in [7, 11) is 1.41. The minimum atomic E-state index is -0.206. The van der Waals surface area contributed by atoms with Crippen LogP contribution in [0.5, 0.6) is 0 Å². The van der Waals surface area contributed by atoms with Gasteiger partial charge in [-0.05, 0) is 39.7 Å². The van der Waals surface area contributed by atoms with Gasteiger partial charge >= 0.3 is 5.97 Å². The van der Waals surface area contributed by atoms with E-state index < -0.39 is 0 Å². The summed E-state index contributed by atoms with van der Waals surface area (Å²) in [5, 5.41) is 6.35. The molecule has 0 spiro atoms. The van der Waals surface area contributed by atoms with E-state index in [1.54, 1.807) is 0 Å². The van der Waals surface area contributed by atoms with Crippen LogP contribution in [-0.2, 0) is 9.53 Å². The number of nitrogens with zero attached hydrogens (tertiary/aromatic N) is 2. The van der Waals surface area contributed by atoms with Gasteiger partial charge in [0.25, 0.3) is 0 Å². The highest BCUT2D eigenvalue weighted by Crippen LogP contribution is 2.16. The number of methoxy groups -OCH3 is 1. The van der Waals surface area contributed by atoms with Gasteiger partial charge in [0.2, 0.25) is 0 Å². The molecule has 0 bridgehead atoms. The van der Waals surface area contributed by atoms with E-state index in [9.17, 15) is 4.79 Å². The molecule has 1 aliphatic heterocycles. The number of nitrogens with one attached hydrogen (secondary N) is 2. The number of esters is 1. The van der Waals surface area contributed by atoms with E-state index in [1.165, 1.54) is 32.9 Å². The second-order valence-corrected chi connectivity index (χ2v) is 5.75. The van der Waals surface area contributed by atoms with E-state index in [4.69, 9.17) is 0 Å². The van der Waals surface area contributed by atoms with Crippen molar-refractivity contribution in [1.29, 1.82) is 0 Å². The molecule has 0 saturated carbocycles. The molecule has 22 heavy (non-hydrogen) atoms. The Kier molecular flexibility index (Phi) is 9.62. The highest BCUT2D eigenvalue weighted by Gasteiger charge is 2.16. The summed E-state index contributed by atoms with van der Waals surface area (Å²) in [6.07, 6.45) is 5.43. The lowest BCUT2D eigenvalue weighted by Crippen LogP contribution is -2.39. The number of hydrogen-bond acceptors (Lipinski definition) is 4. The summed E-state index contributed by atoms with van der Waals surface area (Å²) in [5.74, 6) is 0.570. The number of rotatable bonds is 8. The smallest absolute Gasteiger partial charge is 0.307 e. The Bertz CT molecular complexity index is 347. The van der Waals surface area contributed by atoms with E-state index in [0.717, 1.165) is 32.0 Å². The van der Waals surface area contributed by atoms with Gasteiger partial charge in [-0.1, -0.05) is 6.42 Å². The van der Waals surface area contributed by atoms with Gasteiger partial charge in [0, 0.05) is 32.2 Å². The molecule has 0 aliphatic carbocycles. The highest BCUT2D eigenvalue weighted by atomic mass is 16.5. The summed E-state index contributed by atoms with van der Waals surface area (Å²) in [6, 6.07) is 0.712. The van der Waals surface area contributed by atoms with Crippen molar-refractivity contribution in [3.8, 4) is 0 Å². The SMILES string of the molecule is CCNC(=NCCCN1CCCCC1C)NCCC(=O)OC. The molecule has 1 atom stereocenters. The van der Waals surface area contributed by atoms with Gasteiger partial charge in [-0.2, -0.15) is 0 Å². The molecule has 128 valence electrons. The lowest BCUT2D eigenvalue weighted by atomic mass is 10.0. The van der Waals surface area contributed by atoms with Crippen LogP contribution in [0.15, 0.2) is 4.99 Å².